The molecule has 2 aromatic carbocycles. The molecule has 23 heavy (non-hydrogen) atoms. The first-order valence-corrected chi connectivity index (χ1v) is 7.98. The Balaban J connectivity index is 1.74. The van der Waals surface area contributed by atoms with Crippen LogP contribution in [0.3, 0.4) is 0 Å². The molecule has 5 rings (SSSR count). The summed E-state index contributed by atoms with van der Waals surface area (Å²) in [6.07, 6.45) is 1.88. The van der Waals surface area contributed by atoms with Gasteiger partial charge in [-0.3, -0.25) is 0 Å². The van der Waals surface area contributed by atoms with Gasteiger partial charge in [-0.1, -0.05) is 18.2 Å². The van der Waals surface area contributed by atoms with Gasteiger partial charge in [-0.15, -0.1) is 4.40 Å². The number of hydrogen-bond acceptors (Lipinski definition) is 4. The van der Waals surface area contributed by atoms with Crippen molar-refractivity contribution in [1.82, 2.24) is 4.40 Å². The molecule has 0 saturated heterocycles. The first kappa shape index (κ1) is 12.7. The molecule has 112 valence electrons. The number of fused-ring (bicyclic) bond motifs is 4. The Morgan fingerprint density at radius 1 is 1.13 bits per heavy atom. The monoisotopic (exact) mass is 323 g/mol. The van der Waals surface area contributed by atoms with Gasteiger partial charge in [0, 0.05) is 0 Å². The van der Waals surface area contributed by atoms with Gasteiger partial charge >= 0.3 is 10.5 Å². The van der Waals surface area contributed by atoms with Crippen LogP contribution in [0.4, 0.5) is 0 Å². The fraction of sp³-hybridized carbons (Fsp3) is 0.0588. The van der Waals surface area contributed by atoms with Gasteiger partial charge in [0.25, 0.3) is 0 Å². The molecule has 0 spiro atoms. The quantitative estimate of drug-likeness (QED) is 0.535. The van der Waals surface area contributed by atoms with Crippen molar-refractivity contribution in [2.24, 2.45) is 0 Å². The van der Waals surface area contributed by atoms with Gasteiger partial charge < -0.3 is 9.47 Å². The third kappa shape index (κ3) is 1.85. The van der Waals surface area contributed by atoms with Gasteiger partial charge in [0.2, 0.25) is 6.79 Å². The Labute approximate surface area is 134 Å². The van der Waals surface area contributed by atoms with Gasteiger partial charge in [0.05, 0.1) is 0 Å². The molecule has 5 nitrogen and oxygen atoms in total. The van der Waals surface area contributed by atoms with Crippen LogP contribution in [-0.2, 0) is 0 Å². The number of thiazole rings is 1. The van der Waals surface area contributed by atoms with Crippen LogP contribution in [0, 0.1) is 0 Å². The lowest BCUT2D eigenvalue weighted by Gasteiger charge is -1.96. The maximum Gasteiger partial charge on any atom is 0.357 e. The average Bonchev–Trinajstić information content (AvgIpc) is 3.23. The van der Waals surface area contributed by atoms with E-state index in [1.54, 1.807) is 4.40 Å². The molecular formula is C17H11N2O3S+. The molecule has 1 aliphatic heterocycles. The number of ether oxygens (including phenoxy) is 2. The van der Waals surface area contributed by atoms with E-state index >= 15 is 0 Å². The van der Waals surface area contributed by atoms with E-state index < -0.39 is 0 Å². The standard InChI is InChI=1S/C17H10N2O3S/c20-16-15(8-10-5-6-13-14(7-10)22-9-21-13)23-17-18-11-3-1-2-4-12(11)19(16)17/h1-8H,9H2/p+1. The molecule has 0 atom stereocenters. The molecule has 1 N–H and O–H groups in total. The van der Waals surface area contributed by atoms with Crippen molar-refractivity contribution in [3.63, 3.8) is 0 Å². The van der Waals surface area contributed by atoms with Crippen LogP contribution in [-0.4, -0.2) is 11.2 Å². The SMILES string of the molecule is O=c1c(=Cc2ccc3c(c2)OCO3)sc2[nH+]c3ccccc3n12. The summed E-state index contributed by atoms with van der Waals surface area (Å²) in [6.45, 7) is 0.245. The number of aromatic amines is 1. The maximum absolute atomic E-state index is 12.7. The third-order valence-corrected chi connectivity index (χ3v) is 4.89. The lowest BCUT2D eigenvalue weighted by Crippen LogP contribution is -2.22. The average molecular weight is 323 g/mol. The predicted molar refractivity (Wildman–Crippen MR) is 87.0 cm³/mol. The zero-order valence-electron chi connectivity index (χ0n) is 11.9. The van der Waals surface area contributed by atoms with E-state index in [1.807, 2.05) is 48.5 Å². The fourth-order valence-corrected chi connectivity index (χ4v) is 3.85. The summed E-state index contributed by atoms with van der Waals surface area (Å²) in [5, 5.41) is 0. The van der Waals surface area contributed by atoms with Crippen molar-refractivity contribution in [3.05, 3.63) is 62.9 Å². The molecular weight excluding hydrogens is 312 g/mol. The van der Waals surface area contributed by atoms with Crippen molar-refractivity contribution in [2.45, 2.75) is 0 Å². The highest BCUT2D eigenvalue weighted by atomic mass is 32.1. The van der Waals surface area contributed by atoms with Crippen molar-refractivity contribution in [3.8, 4) is 11.5 Å². The molecule has 0 fully saturated rings. The Bertz CT molecular complexity index is 1180. The molecule has 6 heteroatoms. The highest BCUT2D eigenvalue weighted by molar-refractivity contribution is 7.14. The lowest BCUT2D eigenvalue weighted by atomic mass is 10.2. The number of nitrogens with zero attached hydrogens (tertiary/aromatic N) is 1. The number of para-hydroxylation sites is 2. The van der Waals surface area contributed by atoms with E-state index in [-0.39, 0.29) is 12.4 Å². The Hall–Kier alpha value is -2.86. The molecule has 0 amide bonds. The molecule has 2 aromatic heterocycles. The number of H-pyrrole nitrogens is 1. The van der Waals surface area contributed by atoms with Gasteiger partial charge in [0.1, 0.15) is 4.53 Å². The highest BCUT2D eigenvalue weighted by Crippen LogP contribution is 2.32. The van der Waals surface area contributed by atoms with Crippen LogP contribution in [0.1, 0.15) is 5.56 Å². The van der Waals surface area contributed by atoms with E-state index in [2.05, 4.69) is 4.98 Å². The summed E-state index contributed by atoms with van der Waals surface area (Å²) >= 11 is 1.45. The number of rotatable bonds is 1. The minimum absolute atomic E-state index is 0.0138. The molecule has 0 saturated carbocycles. The summed E-state index contributed by atoms with van der Waals surface area (Å²) in [6, 6.07) is 13.5. The first-order chi connectivity index (χ1) is 11.3. The van der Waals surface area contributed by atoms with Crippen molar-refractivity contribution >= 4 is 33.4 Å². The topological polar surface area (TPSA) is 54.1 Å². The largest absolute Gasteiger partial charge is 0.454 e. The zero-order chi connectivity index (χ0) is 15.4. The molecule has 1 aliphatic rings. The predicted octanol–water partition coefficient (Wildman–Crippen LogP) is 1.60. The second kappa shape index (κ2) is 4.57. The summed E-state index contributed by atoms with van der Waals surface area (Å²) in [5.74, 6) is 1.45. The summed E-state index contributed by atoms with van der Waals surface area (Å²) in [4.78, 5) is 16.8. The minimum atomic E-state index is -0.0138. The van der Waals surface area contributed by atoms with E-state index in [9.17, 15) is 4.79 Å². The first-order valence-electron chi connectivity index (χ1n) is 7.16. The zero-order valence-corrected chi connectivity index (χ0v) is 12.7. The van der Waals surface area contributed by atoms with Crippen LogP contribution in [0.15, 0.2) is 47.3 Å². The minimum Gasteiger partial charge on any atom is -0.454 e. The van der Waals surface area contributed by atoms with Crippen molar-refractivity contribution in [2.75, 3.05) is 6.79 Å². The third-order valence-electron chi connectivity index (χ3n) is 3.90. The summed E-state index contributed by atoms with van der Waals surface area (Å²) in [5.41, 5.74) is 2.76. The van der Waals surface area contributed by atoms with Crippen LogP contribution in [0.2, 0.25) is 0 Å². The number of imidazole rings is 1. The number of aromatic nitrogens is 2. The van der Waals surface area contributed by atoms with Crippen molar-refractivity contribution in [1.29, 1.82) is 0 Å². The van der Waals surface area contributed by atoms with Gasteiger partial charge in [-0.25, -0.2) is 9.78 Å². The molecule has 4 aromatic rings. The van der Waals surface area contributed by atoms with E-state index in [4.69, 9.17) is 9.47 Å². The Kier molecular flexibility index (Phi) is 2.51. The molecule has 3 heterocycles. The summed E-state index contributed by atoms with van der Waals surface area (Å²) < 4.78 is 13.1. The normalized spacial score (nSPS) is 14.2. The number of hydrogen-bond donors (Lipinski definition) is 0. The van der Waals surface area contributed by atoms with E-state index in [0.717, 1.165) is 27.3 Å². The molecule has 0 bridgehead atoms. The number of benzene rings is 2. The van der Waals surface area contributed by atoms with Crippen LogP contribution < -0.4 is 24.5 Å². The highest BCUT2D eigenvalue weighted by Gasteiger charge is 2.18. The Morgan fingerprint density at radius 3 is 2.96 bits per heavy atom. The van der Waals surface area contributed by atoms with Gasteiger partial charge in [-0.2, -0.15) is 0 Å². The molecule has 0 aliphatic carbocycles. The second-order valence-electron chi connectivity index (χ2n) is 5.31. The van der Waals surface area contributed by atoms with E-state index in [1.165, 1.54) is 11.3 Å². The molecule has 0 radical (unpaired) electrons. The van der Waals surface area contributed by atoms with Gasteiger partial charge in [0.15, 0.2) is 22.5 Å². The van der Waals surface area contributed by atoms with E-state index in [0.29, 0.717) is 10.3 Å². The van der Waals surface area contributed by atoms with Crippen LogP contribution in [0.5, 0.6) is 11.5 Å². The Morgan fingerprint density at radius 2 is 2.00 bits per heavy atom. The molecule has 0 unspecified atom stereocenters. The van der Waals surface area contributed by atoms with Gasteiger partial charge in [-0.05, 0) is 47.2 Å². The van der Waals surface area contributed by atoms with Crippen LogP contribution in [0.25, 0.3) is 22.1 Å². The van der Waals surface area contributed by atoms with Crippen LogP contribution >= 0.6 is 11.3 Å². The maximum atomic E-state index is 12.7. The lowest BCUT2D eigenvalue weighted by molar-refractivity contribution is -0.308. The summed E-state index contributed by atoms with van der Waals surface area (Å²) in [7, 11) is 0. The van der Waals surface area contributed by atoms with Crippen molar-refractivity contribution < 1.29 is 14.5 Å². The second-order valence-corrected chi connectivity index (χ2v) is 6.34. The number of nitrogens with one attached hydrogen (secondary N) is 1. The smallest absolute Gasteiger partial charge is 0.357 e. The fourth-order valence-electron chi connectivity index (χ4n) is 2.83.